The zero-order valence-corrected chi connectivity index (χ0v) is 12.1. The van der Waals surface area contributed by atoms with Gasteiger partial charge in [0.1, 0.15) is 0 Å². The number of allylic oxidation sites excluding steroid dienone is 5. The average molecular weight is 240 g/mol. The first-order valence-corrected chi connectivity index (χ1v) is 6.71. The first kappa shape index (κ1) is 14.5. The van der Waals surface area contributed by atoms with Gasteiger partial charge in [0.05, 0.1) is 0 Å². The quantitative estimate of drug-likeness (QED) is 0.609. The molecule has 0 saturated heterocycles. The van der Waals surface area contributed by atoms with E-state index in [4.69, 9.17) is 0 Å². The highest BCUT2D eigenvalue weighted by Crippen LogP contribution is 2.20. The lowest BCUT2D eigenvalue weighted by Crippen LogP contribution is -1.90. The maximum atomic E-state index is 3.93. The second-order valence-corrected chi connectivity index (χ2v) is 4.82. The molecule has 1 aromatic rings. The number of hydrogen-bond donors (Lipinski definition) is 0. The first-order valence-electron chi connectivity index (χ1n) is 6.71. The SMILES string of the molecule is C=C/C(=C\C=C(C)C)c1cc(CC)cc(CC)c1. The Morgan fingerprint density at radius 2 is 1.56 bits per heavy atom. The second-order valence-electron chi connectivity index (χ2n) is 4.82. The van der Waals surface area contributed by atoms with Gasteiger partial charge in [0.25, 0.3) is 0 Å². The van der Waals surface area contributed by atoms with Crippen molar-refractivity contribution in [3.05, 3.63) is 65.3 Å². The highest BCUT2D eigenvalue weighted by molar-refractivity contribution is 5.75. The predicted molar refractivity (Wildman–Crippen MR) is 82.8 cm³/mol. The lowest BCUT2D eigenvalue weighted by Gasteiger charge is -2.08. The Hall–Kier alpha value is -1.56. The minimum atomic E-state index is 1.08. The summed E-state index contributed by atoms with van der Waals surface area (Å²) in [5.74, 6) is 0. The van der Waals surface area contributed by atoms with E-state index in [2.05, 4.69) is 64.6 Å². The molecule has 0 radical (unpaired) electrons. The van der Waals surface area contributed by atoms with Crippen LogP contribution in [0.4, 0.5) is 0 Å². The summed E-state index contributed by atoms with van der Waals surface area (Å²) >= 11 is 0. The Morgan fingerprint density at radius 1 is 1.00 bits per heavy atom. The van der Waals surface area contributed by atoms with Gasteiger partial charge in [-0.05, 0) is 49.0 Å². The molecule has 0 aliphatic rings. The zero-order chi connectivity index (χ0) is 13.5. The van der Waals surface area contributed by atoms with Crippen molar-refractivity contribution in [2.24, 2.45) is 0 Å². The van der Waals surface area contributed by atoms with Crippen molar-refractivity contribution in [3.8, 4) is 0 Å². The molecule has 0 aromatic heterocycles. The molecule has 0 heterocycles. The van der Waals surface area contributed by atoms with Gasteiger partial charge >= 0.3 is 0 Å². The molecule has 0 saturated carbocycles. The molecule has 0 unspecified atom stereocenters. The highest BCUT2D eigenvalue weighted by Gasteiger charge is 2.01. The van der Waals surface area contributed by atoms with Crippen LogP contribution in [0.2, 0.25) is 0 Å². The largest absolute Gasteiger partial charge is 0.0984 e. The molecular weight excluding hydrogens is 216 g/mol. The van der Waals surface area contributed by atoms with E-state index in [1.807, 2.05) is 6.08 Å². The summed E-state index contributed by atoms with van der Waals surface area (Å²) in [6, 6.07) is 6.84. The van der Waals surface area contributed by atoms with Crippen LogP contribution in [-0.2, 0) is 12.8 Å². The highest BCUT2D eigenvalue weighted by atomic mass is 14.1. The van der Waals surface area contributed by atoms with E-state index in [9.17, 15) is 0 Å². The molecule has 18 heavy (non-hydrogen) atoms. The fourth-order valence-corrected chi connectivity index (χ4v) is 1.88. The third kappa shape index (κ3) is 4.03. The van der Waals surface area contributed by atoms with Crippen molar-refractivity contribution >= 4 is 5.57 Å². The first-order chi connectivity index (χ1) is 8.60. The standard InChI is InChI=1S/C18H24/c1-6-15-11-16(7-2)13-18(12-15)17(8-3)10-9-14(4)5/h8-13H,3,6-7H2,1-2,4-5H3/b17-10+. The summed E-state index contributed by atoms with van der Waals surface area (Å²) in [5, 5.41) is 0. The molecule has 0 aliphatic heterocycles. The monoisotopic (exact) mass is 240 g/mol. The minimum Gasteiger partial charge on any atom is -0.0984 e. The van der Waals surface area contributed by atoms with Crippen molar-refractivity contribution in [1.29, 1.82) is 0 Å². The summed E-state index contributed by atoms with van der Waals surface area (Å²) in [6.45, 7) is 12.5. The van der Waals surface area contributed by atoms with Crippen LogP contribution in [0.5, 0.6) is 0 Å². The molecule has 1 aromatic carbocycles. The van der Waals surface area contributed by atoms with Crippen LogP contribution in [0.3, 0.4) is 0 Å². The molecule has 0 atom stereocenters. The molecule has 0 nitrogen and oxygen atoms in total. The summed E-state index contributed by atoms with van der Waals surface area (Å²) in [6.07, 6.45) is 8.38. The summed E-state index contributed by atoms with van der Waals surface area (Å²) < 4.78 is 0. The molecule has 96 valence electrons. The van der Waals surface area contributed by atoms with Crippen molar-refractivity contribution in [2.45, 2.75) is 40.5 Å². The van der Waals surface area contributed by atoms with E-state index >= 15 is 0 Å². The number of rotatable bonds is 5. The van der Waals surface area contributed by atoms with E-state index in [-0.39, 0.29) is 0 Å². The van der Waals surface area contributed by atoms with Crippen LogP contribution >= 0.6 is 0 Å². The Labute approximate surface area is 112 Å². The van der Waals surface area contributed by atoms with Crippen molar-refractivity contribution < 1.29 is 0 Å². The second kappa shape index (κ2) is 7.00. The van der Waals surface area contributed by atoms with Gasteiger partial charge in [-0.15, -0.1) is 0 Å². The maximum Gasteiger partial charge on any atom is -0.0179 e. The predicted octanol–water partition coefficient (Wildman–Crippen LogP) is 5.35. The van der Waals surface area contributed by atoms with Gasteiger partial charge < -0.3 is 0 Å². The maximum absolute atomic E-state index is 3.93. The third-order valence-electron chi connectivity index (χ3n) is 3.02. The fraction of sp³-hybridized carbons (Fsp3) is 0.333. The Balaban J connectivity index is 3.24. The van der Waals surface area contributed by atoms with Gasteiger partial charge in [-0.25, -0.2) is 0 Å². The lowest BCUT2D eigenvalue weighted by atomic mass is 9.97. The normalized spacial score (nSPS) is 11.2. The van der Waals surface area contributed by atoms with Crippen molar-refractivity contribution in [1.82, 2.24) is 0 Å². The molecule has 0 heteroatoms. The minimum absolute atomic E-state index is 1.08. The van der Waals surface area contributed by atoms with Gasteiger partial charge in [-0.2, -0.15) is 0 Å². The van der Waals surface area contributed by atoms with Crippen LogP contribution in [0.15, 0.2) is 48.6 Å². The van der Waals surface area contributed by atoms with Crippen molar-refractivity contribution in [2.75, 3.05) is 0 Å². The smallest absolute Gasteiger partial charge is 0.0179 e. The molecule has 0 spiro atoms. The number of aryl methyl sites for hydroxylation is 2. The number of benzene rings is 1. The molecule has 0 amide bonds. The number of hydrogen-bond acceptors (Lipinski definition) is 0. The summed E-state index contributed by atoms with van der Waals surface area (Å²) in [7, 11) is 0. The summed E-state index contributed by atoms with van der Waals surface area (Å²) in [4.78, 5) is 0. The molecule has 0 fully saturated rings. The zero-order valence-electron chi connectivity index (χ0n) is 12.1. The molecule has 1 rings (SSSR count). The van der Waals surface area contributed by atoms with Gasteiger partial charge in [0, 0.05) is 0 Å². The Bertz CT molecular complexity index is 447. The van der Waals surface area contributed by atoms with E-state index in [0.717, 1.165) is 12.8 Å². The fourth-order valence-electron chi connectivity index (χ4n) is 1.88. The molecular formula is C18H24. The van der Waals surface area contributed by atoms with Gasteiger partial charge in [-0.3, -0.25) is 0 Å². The van der Waals surface area contributed by atoms with E-state index in [1.54, 1.807) is 0 Å². The van der Waals surface area contributed by atoms with E-state index in [1.165, 1.54) is 27.8 Å². The lowest BCUT2D eigenvalue weighted by molar-refractivity contribution is 1.08. The van der Waals surface area contributed by atoms with Gasteiger partial charge in [0.15, 0.2) is 0 Å². The molecule has 0 bridgehead atoms. The summed E-state index contributed by atoms with van der Waals surface area (Å²) in [5.41, 5.74) is 6.57. The van der Waals surface area contributed by atoms with Crippen LogP contribution in [0.1, 0.15) is 44.4 Å². The molecule has 0 N–H and O–H groups in total. The van der Waals surface area contributed by atoms with Crippen LogP contribution in [0.25, 0.3) is 5.57 Å². The Kier molecular flexibility index (Phi) is 5.64. The topological polar surface area (TPSA) is 0 Å². The Morgan fingerprint density at radius 3 is 1.94 bits per heavy atom. The third-order valence-corrected chi connectivity index (χ3v) is 3.02. The van der Waals surface area contributed by atoms with E-state index < -0.39 is 0 Å². The van der Waals surface area contributed by atoms with Gasteiger partial charge in [-0.1, -0.05) is 62.4 Å². The van der Waals surface area contributed by atoms with Crippen molar-refractivity contribution in [3.63, 3.8) is 0 Å². The van der Waals surface area contributed by atoms with Crippen LogP contribution in [0, 0.1) is 0 Å². The average Bonchev–Trinajstić information content (AvgIpc) is 2.38. The van der Waals surface area contributed by atoms with Gasteiger partial charge in [0.2, 0.25) is 0 Å². The molecule has 0 aliphatic carbocycles. The van der Waals surface area contributed by atoms with E-state index in [0.29, 0.717) is 0 Å². The van der Waals surface area contributed by atoms with Crippen LogP contribution in [-0.4, -0.2) is 0 Å². The van der Waals surface area contributed by atoms with Crippen LogP contribution < -0.4 is 0 Å².